The number of hydrogen-bond acceptors (Lipinski definition) is 5. The molecule has 1 N–H and O–H groups in total. The maximum Gasteiger partial charge on any atom is 0.159 e. The second-order valence-corrected chi connectivity index (χ2v) is 6.65. The summed E-state index contributed by atoms with van der Waals surface area (Å²) in [4.78, 5) is 13.2. The first kappa shape index (κ1) is 16.3. The highest BCUT2D eigenvalue weighted by atomic mass is 35.5. The van der Waals surface area contributed by atoms with Crippen LogP contribution in [0.1, 0.15) is 5.56 Å². The van der Waals surface area contributed by atoms with E-state index >= 15 is 0 Å². The molecule has 1 fully saturated rings. The van der Waals surface area contributed by atoms with Gasteiger partial charge < -0.3 is 10.0 Å². The van der Waals surface area contributed by atoms with Gasteiger partial charge in [-0.2, -0.15) is 0 Å². The summed E-state index contributed by atoms with van der Waals surface area (Å²) in [7, 11) is 4.00. The molecule has 0 bridgehead atoms. The van der Waals surface area contributed by atoms with Crippen molar-refractivity contribution in [2.75, 3.05) is 27.2 Å². The SMILES string of the molecule is CN(C)[C@@H]1CN(Cc2cnc(-c3ccc(Cl)cc3)nc2)C[C@H]1O. The van der Waals surface area contributed by atoms with Gasteiger partial charge >= 0.3 is 0 Å². The van der Waals surface area contributed by atoms with Crippen LogP contribution < -0.4 is 0 Å². The van der Waals surface area contributed by atoms with Crippen LogP contribution in [-0.2, 0) is 6.54 Å². The molecule has 1 aliphatic rings. The lowest BCUT2D eigenvalue weighted by Crippen LogP contribution is -2.37. The zero-order chi connectivity index (χ0) is 16.4. The lowest BCUT2D eigenvalue weighted by atomic mass is 10.2. The van der Waals surface area contributed by atoms with Crippen molar-refractivity contribution in [3.63, 3.8) is 0 Å². The van der Waals surface area contributed by atoms with E-state index in [4.69, 9.17) is 11.6 Å². The summed E-state index contributed by atoms with van der Waals surface area (Å²) in [6, 6.07) is 7.68. The molecule has 1 aliphatic heterocycles. The number of nitrogens with zero attached hydrogens (tertiary/aromatic N) is 4. The Kier molecular flexibility index (Phi) is 4.92. The summed E-state index contributed by atoms with van der Waals surface area (Å²) in [6.07, 6.45) is 3.40. The van der Waals surface area contributed by atoms with Gasteiger partial charge in [-0.1, -0.05) is 11.6 Å². The molecule has 23 heavy (non-hydrogen) atoms. The van der Waals surface area contributed by atoms with Gasteiger partial charge in [0.1, 0.15) is 0 Å². The summed E-state index contributed by atoms with van der Waals surface area (Å²) in [6.45, 7) is 2.29. The van der Waals surface area contributed by atoms with Crippen LogP contribution in [0.25, 0.3) is 11.4 Å². The molecule has 5 nitrogen and oxygen atoms in total. The Labute approximate surface area is 141 Å². The van der Waals surface area contributed by atoms with Crippen LogP contribution in [0.5, 0.6) is 0 Å². The third-order valence-corrected chi connectivity index (χ3v) is 4.46. The summed E-state index contributed by atoms with van der Waals surface area (Å²) >= 11 is 5.90. The van der Waals surface area contributed by atoms with E-state index in [0.29, 0.717) is 17.4 Å². The van der Waals surface area contributed by atoms with Gasteiger partial charge in [-0.05, 0) is 38.4 Å². The van der Waals surface area contributed by atoms with Gasteiger partial charge in [-0.3, -0.25) is 4.90 Å². The fraction of sp³-hybridized carbons (Fsp3) is 0.412. The number of aliphatic hydroxyl groups is 1. The van der Waals surface area contributed by atoms with E-state index in [-0.39, 0.29) is 12.1 Å². The van der Waals surface area contributed by atoms with E-state index in [1.807, 2.05) is 50.8 Å². The predicted octanol–water partition coefficient (Wildman–Crippen LogP) is 1.90. The Morgan fingerprint density at radius 3 is 2.39 bits per heavy atom. The first-order chi connectivity index (χ1) is 11.0. The number of rotatable bonds is 4. The molecule has 2 aromatic rings. The highest BCUT2D eigenvalue weighted by molar-refractivity contribution is 6.30. The number of halogens is 1. The molecular formula is C17H21ClN4O. The Hall–Kier alpha value is -1.53. The van der Waals surface area contributed by atoms with Crippen LogP contribution in [0.3, 0.4) is 0 Å². The normalized spacial score (nSPS) is 22.0. The van der Waals surface area contributed by atoms with Crippen molar-refractivity contribution in [3.8, 4) is 11.4 Å². The van der Waals surface area contributed by atoms with E-state index < -0.39 is 0 Å². The van der Waals surface area contributed by atoms with Gasteiger partial charge in [0.2, 0.25) is 0 Å². The van der Waals surface area contributed by atoms with Gasteiger partial charge in [0.25, 0.3) is 0 Å². The number of benzene rings is 1. The van der Waals surface area contributed by atoms with Crippen LogP contribution >= 0.6 is 11.6 Å². The molecule has 0 aliphatic carbocycles. The second kappa shape index (κ2) is 6.93. The fourth-order valence-corrected chi connectivity index (χ4v) is 3.05. The van der Waals surface area contributed by atoms with Crippen LogP contribution in [-0.4, -0.2) is 64.2 Å². The molecule has 6 heteroatoms. The van der Waals surface area contributed by atoms with Crippen LogP contribution in [0.2, 0.25) is 5.02 Å². The molecule has 122 valence electrons. The van der Waals surface area contributed by atoms with E-state index in [1.54, 1.807) is 0 Å². The molecule has 0 unspecified atom stereocenters. The zero-order valence-corrected chi connectivity index (χ0v) is 14.1. The van der Waals surface area contributed by atoms with E-state index in [9.17, 15) is 5.11 Å². The van der Waals surface area contributed by atoms with Gasteiger partial charge in [0.05, 0.1) is 6.10 Å². The molecule has 1 aromatic heterocycles. The maximum atomic E-state index is 10.1. The Balaban J connectivity index is 1.65. The first-order valence-corrected chi connectivity index (χ1v) is 8.04. The quantitative estimate of drug-likeness (QED) is 0.927. The molecule has 0 radical (unpaired) electrons. The van der Waals surface area contributed by atoms with Crippen molar-refractivity contribution >= 4 is 11.6 Å². The number of likely N-dealkylation sites (N-methyl/N-ethyl adjacent to an activating group) is 1. The van der Waals surface area contributed by atoms with Crippen molar-refractivity contribution in [2.24, 2.45) is 0 Å². The highest BCUT2D eigenvalue weighted by Crippen LogP contribution is 2.19. The van der Waals surface area contributed by atoms with Crippen LogP contribution in [0.4, 0.5) is 0 Å². The number of aromatic nitrogens is 2. The number of hydrogen-bond donors (Lipinski definition) is 1. The van der Waals surface area contributed by atoms with Gasteiger partial charge in [0.15, 0.2) is 5.82 Å². The fourth-order valence-electron chi connectivity index (χ4n) is 2.93. The largest absolute Gasteiger partial charge is 0.390 e. The number of aliphatic hydroxyl groups excluding tert-OH is 1. The molecule has 1 aromatic carbocycles. The Bertz CT molecular complexity index is 645. The Morgan fingerprint density at radius 1 is 1.17 bits per heavy atom. The van der Waals surface area contributed by atoms with Crippen molar-refractivity contribution < 1.29 is 5.11 Å². The lowest BCUT2D eigenvalue weighted by Gasteiger charge is -2.21. The maximum absolute atomic E-state index is 10.1. The van der Waals surface area contributed by atoms with Crippen molar-refractivity contribution in [1.82, 2.24) is 19.8 Å². The first-order valence-electron chi connectivity index (χ1n) is 7.66. The standard InChI is InChI=1S/C17H21ClN4O/c1-21(2)15-10-22(11-16(15)23)9-12-7-19-17(20-8-12)13-3-5-14(18)6-4-13/h3-8,15-16,23H,9-11H2,1-2H3/t15-,16-/m1/s1. The van der Waals surface area contributed by atoms with Crippen LogP contribution in [0.15, 0.2) is 36.7 Å². The minimum atomic E-state index is -0.306. The van der Waals surface area contributed by atoms with Gasteiger partial charge in [0, 0.05) is 54.2 Å². The molecule has 1 saturated heterocycles. The van der Waals surface area contributed by atoms with E-state index in [0.717, 1.165) is 24.2 Å². The second-order valence-electron chi connectivity index (χ2n) is 6.21. The predicted molar refractivity (Wildman–Crippen MR) is 91.2 cm³/mol. The molecule has 2 heterocycles. The van der Waals surface area contributed by atoms with Gasteiger partial charge in [-0.25, -0.2) is 9.97 Å². The van der Waals surface area contributed by atoms with Crippen molar-refractivity contribution in [3.05, 3.63) is 47.2 Å². The van der Waals surface area contributed by atoms with E-state index in [1.165, 1.54) is 0 Å². The molecule has 2 atom stereocenters. The molecule has 0 saturated carbocycles. The third-order valence-electron chi connectivity index (χ3n) is 4.21. The van der Waals surface area contributed by atoms with E-state index in [2.05, 4.69) is 19.8 Å². The lowest BCUT2D eigenvalue weighted by molar-refractivity contribution is 0.112. The molecule has 0 spiro atoms. The topological polar surface area (TPSA) is 52.5 Å². The average Bonchev–Trinajstić information content (AvgIpc) is 2.90. The monoisotopic (exact) mass is 332 g/mol. The average molecular weight is 333 g/mol. The summed E-state index contributed by atoms with van der Waals surface area (Å²) in [5.41, 5.74) is 2.00. The minimum Gasteiger partial charge on any atom is -0.390 e. The minimum absolute atomic E-state index is 0.184. The van der Waals surface area contributed by atoms with Crippen molar-refractivity contribution in [2.45, 2.75) is 18.7 Å². The number of β-amino-alcohol motifs (C(OH)–C–C–N with tert-alkyl or cyclic N) is 1. The molecular weight excluding hydrogens is 312 g/mol. The van der Waals surface area contributed by atoms with Gasteiger partial charge in [-0.15, -0.1) is 0 Å². The molecule has 3 rings (SSSR count). The smallest absolute Gasteiger partial charge is 0.159 e. The Morgan fingerprint density at radius 2 is 1.83 bits per heavy atom. The van der Waals surface area contributed by atoms with Crippen molar-refractivity contribution in [1.29, 1.82) is 0 Å². The summed E-state index contributed by atoms with van der Waals surface area (Å²) < 4.78 is 0. The van der Waals surface area contributed by atoms with Crippen LogP contribution in [0, 0.1) is 0 Å². The zero-order valence-electron chi connectivity index (χ0n) is 13.4. The summed E-state index contributed by atoms with van der Waals surface area (Å²) in [5, 5.41) is 10.8. The third kappa shape index (κ3) is 3.87. The molecule has 0 amide bonds. The number of likely N-dealkylation sites (tertiary alicyclic amines) is 1. The highest BCUT2D eigenvalue weighted by Gasteiger charge is 2.32. The summed E-state index contributed by atoms with van der Waals surface area (Å²) in [5.74, 6) is 0.693.